The van der Waals surface area contributed by atoms with Gasteiger partial charge in [-0.3, -0.25) is 4.79 Å². The van der Waals surface area contributed by atoms with Crippen molar-refractivity contribution >= 4 is 17.6 Å². The third-order valence-electron chi connectivity index (χ3n) is 2.53. The van der Waals surface area contributed by atoms with Crippen molar-refractivity contribution in [3.8, 4) is 0 Å². The molecule has 0 spiro atoms. The highest BCUT2D eigenvalue weighted by Crippen LogP contribution is 2.26. The van der Waals surface area contributed by atoms with E-state index in [2.05, 4.69) is 5.32 Å². The smallest absolute Gasteiger partial charge is 0.340 e. The Morgan fingerprint density at radius 2 is 2.25 bits per heavy atom. The van der Waals surface area contributed by atoms with Crippen molar-refractivity contribution in [2.45, 2.75) is 19.8 Å². The SMILES string of the molecule is CCOC(=O)c1cccc2c1NC(=O)CC2. The van der Waals surface area contributed by atoms with Crippen LogP contribution in [0.3, 0.4) is 0 Å². The van der Waals surface area contributed by atoms with Gasteiger partial charge in [-0.25, -0.2) is 4.79 Å². The Hall–Kier alpha value is -1.84. The van der Waals surface area contributed by atoms with Gasteiger partial charge in [-0.15, -0.1) is 0 Å². The van der Waals surface area contributed by atoms with Gasteiger partial charge in [0.05, 0.1) is 17.9 Å². The normalized spacial score (nSPS) is 13.9. The molecule has 0 fully saturated rings. The Kier molecular flexibility index (Phi) is 2.90. The van der Waals surface area contributed by atoms with E-state index in [0.29, 0.717) is 30.7 Å². The zero-order valence-electron chi connectivity index (χ0n) is 9.08. The van der Waals surface area contributed by atoms with Crippen LogP contribution in [-0.4, -0.2) is 18.5 Å². The summed E-state index contributed by atoms with van der Waals surface area (Å²) < 4.78 is 4.94. The van der Waals surface area contributed by atoms with Crippen LogP contribution in [0, 0.1) is 0 Å². The van der Waals surface area contributed by atoms with Crippen LogP contribution in [0.15, 0.2) is 18.2 Å². The van der Waals surface area contributed by atoms with E-state index in [9.17, 15) is 9.59 Å². The number of esters is 1. The standard InChI is InChI=1S/C12H13NO3/c1-2-16-12(15)9-5-3-4-8-6-7-10(14)13-11(8)9/h3-5H,2,6-7H2,1H3,(H,13,14). The average Bonchev–Trinajstić information content (AvgIpc) is 2.28. The van der Waals surface area contributed by atoms with E-state index in [4.69, 9.17) is 4.74 Å². The Balaban J connectivity index is 2.39. The summed E-state index contributed by atoms with van der Waals surface area (Å²) in [5.74, 6) is -0.439. The molecule has 1 aliphatic rings. The summed E-state index contributed by atoms with van der Waals surface area (Å²) in [6, 6.07) is 5.39. The second kappa shape index (κ2) is 4.35. The predicted molar refractivity (Wildman–Crippen MR) is 59.3 cm³/mol. The fraction of sp³-hybridized carbons (Fsp3) is 0.333. The highest BCUT2D eigenvalue weighted by atomic mass is 16.5. The number of carbonyl (C=O) groups excluding carboxylic acids is 2. The topological polar surface area (TPSA) is 55.4 Å². The molecule has 1 heterocycles. The van der Waals surface area contributed by atoms with Gasteiger partial charge in [-0.2, -0.15) is 0 Å². The quantitative estimate of drug-likeness (QED) is 0.771. The van der Waals surface area contributed by atoms with Gasteiger partial charge in [0.15, 0.2) is 0 Å². The molecule has 0 radical (unpaired) electrons. The summed E-state index contributed by atoms with van der Waals surface area (Å²) in [7, 11) is 0. The molecule has 84 valence electrons. The largest absolute Gasteiger partial charge is 0.462 e. The van der Waals surface area contributed by atoms with Crippen LogP contribution in [0.2, 0.25) is 0 Å². The Morgan fingerprint density at radius 1 is 1.44 bits per heavy atom. The van der Waals surface area contributed by atoms with Crippen LogP contribution in [0.4, 0.5) is 5.69 Å². The maximum atomic E-state index is 11.6. The van der Waals surface area contributed by atoms with Crippen molar-refractivity contribution in [3.05, 3.63) is 29.3 Å². The van der Waals surface area contributed by atoms with Gasteiger partial charge in [-0.1, -0.05) is 12.1 Å². The average molecular weight is 219 g/mol. The van der Waals surface area contributed by atoms with E-state index < -0.39 is 0 Å². The minimum absolute atomic E-state index is 0.0516. The number of benzene rings is 1. The number of para-hydroxylation sites is 1. The Morgan fingerprint density at radius 3 is 3.00 bits per heavy atom. The van der Waals surface area contributed by atoms with Crippen LogP contribution in [0.25, 0.3) is 0 Å². The molecule has 0 bridgehead atoms. The molecule has 1 amide bonds. The summed E-state index contributed by atoms with van der Waals surface area (Å²) in [6.07, 6.45) is 1.15. The first-order chi connectivity index (χ1) is 7.72. The van der Waals surface area contributed by atoms with Crippen molar-refractivity contribution in [2.24, 2.45) is 0 Å². The van der Waals surface area contributed by atoms with Gasteiger partial charge >= 0.3 is 5.97 Å². The maximum absolute atomic E-state index is 11.6. The molecular formula is C12H13NO3. The highest BCUT2D eigenvalue weighted by molar-refractivity contribution is 6.03. The summed E-state index contributed by atoms with van der Waals surface area (Å²) in [4.78, 5) is 22.9. The molecule has 0 aliphatic carbocycles. The van der Waals surface area contributed by atoms with Crippen LogP contribution in [0.5, 0.6) is 0 Å². The van der Waals surface area contributed by atoms with Gasteiger partial charge in [0, 0.05) is 6.42 Å². The molecule has 0 aromatic heterocycles. The zero-order chi connectivity index (χ0) is 11.5. The van der Waals surface area contributed by atoms with Crippen molar-refractivity contribution < 1.29 is 14.3 Å². The summed E-state index contributed by atoms with van der Waals surface area (Å²) in [5, 5.41) is 2.73. The molecule has 1 aromatic carbocycles. The second-order valence-corrected chi connectivity index (χ2v) is 3.61. The van der Waals surface area contributed by atoms with E-state index in [-0.39, 0.29) is 11.9 Å². The number of fused-ring (bicyclic) bond motifs is 1. The molecule has 0 saturated heterocycles. The van der Waals surface area contributed by atoms with Crippen LogP contribution < -0.4 is 5.32 Å². The van der Waals surface area contributed by atoms with E-state index in [1.165, 1.54) is 0 Å². The van der Waals surface area contributed by atoms with Crippen molar-refractivity contribution in [2.75, 3.05) is 11.9 Å². The lowest BCUT2D eigenvalue weighted by Crippen LogP contribution is -2.22. The minimum atomic E-state index is -0.387. The molecule has 1 N–H and O–H groups in total. The van der Waals surface area contributed by atoms with Crippen molar-refractivity contribution in [1.82, 2.24) is 0 Å². The van der Waals surface area contributed by atoms with E-state index in [1.807, 2.05) is 12.1 Å². The molecule has 4 heteroatoms. The number of amides is 1. The van der Waals surface area contributed by atoms with Crippen LogP contribution in [-0.2, 0) is 16.0 Å². The zero-order valence-corrected chi connectivity index (χ0v) is 9.08. The Labute approximate surface area is 93.6 Å². The minimum Gasteiger partial charge on any atom is -0.462 e. The number of rotatable bonds is 2. The predicted octanol–water partition coefficient (Wildman–Crippen LogP) is 1.75. The second-order valence-electron chi connectivity index (χ2n) is 3.61. The highest BCUT2D eigenvalue weighted by Gasteiger charge is 2.21. The fourth-order valence-corrected chi connectivity index (χ4v) is 1.79. The molecular weight excluding hydrogens is 206 g/mol. The number of aryl methyl sites for hydroxylation is 1. The first-order valence-corrected chi connectivity index (χ1v) is 5.31. The molecule has 0 atom stereocenters. The van der Waals surface area contributed by atoms with Crippen molar-refractivity contribution in [1.29, 1.82) is 0 Å². The molecule has 0 unspecified atom stereocenters. The number of hydrogen-bond donors (Lipinski definition) is 1. The number of ether oxygens (including phenoxy) is 1. The first kappa shape index (κ1) is 10.7. The van der Waals surface area contributed by atoms with Crippen LogP contribution >= 0.6 is 0 Å². The van der Waals surface area contributed by atoms with Crippen molar-refractivity contribution in [3.63, 3.8) is 0 Å². The van der Waals surface area contributed by atoms with Crippen LogP contribution in [0.1, 0.15) is 29.3 Å². The molecule has 16 heavy (non-hydrogen) atoms. The van der Waals surface area contributed by atoms with Gasteiger partial charge in [-0.05, 0) is 25.0 Å². The third-order valence-corrected chi connectivity index (χ3v) is 2.53. The molecule has 1 aromatic rings. The van der Waals surface area contributed by atoms with Gasteiger partial charge < -0.3 is 10.1 Å². The lowest BCUT2D eigenvalue weighted by Gasteiger charge is -2.19. The first-order valence-electron chi connectivity index (χ1n) is 5.31. The molecule has 1 aliphatic heterocycles. The lowest BCUT2D eigenvalue weighted by molar-refractivity contribution is -0.116. The fourth-order valence-electron chi connectivity index (χ4n) is 1.79. The summed E-state index contributed by atoms with van der Waals surface area (Å²) >= 11 is 0. The van der Waals surface area contributed by atoms with E-state index in [0.717, 1.165) is 5.56 Å². The number of carbonyl (C=O) groups is 2. The molecule has 0 saturated carbocycles. The van der Waals surface area contributed by atoms with E-state index in [1.54, 1.807) is 13.0 Å². The van der Waals surface area contributed by atoms with Gasteiger partial charge in [0.1, 0.15) is 0 Å². The number of nitrogens with one attached hydrogen (secondary N) is 1. The van der Waals surface area contributed by atoms with Gasteiger partial charge in [0.25, 0.3) is 0 Å². The lowest BCUT2D eigenvalue weighted by atomic mass is 9.99. The number of anilines is 1. The summed E-state index contributed by atoms with van der Waals surface area (Å²) in [6.45, 7) is 2.09. The summed E-state index contributed by atoms with van der Waals surface area (Å²) in [5.41, 5.74) is 2.04. The third kappa shape index (κ3) is 1.91. The molecule has 2 rings (SSSR count). The maximum Gasteiger partial charge on any atom is 0.340 e. The Bertz CT molecular complexity index is 440. The van der Waals surface area contributed by atoms with Gasteiger partial charge in [0.2, 0.25) is 5.91 Å². The van der Waals surface area contributed by atoms with E-state index >= 15 is 0 Å². The number of hydrogen-bond acceptors (Lipinski definition) is 3. The monoisotopic (exact) mass is 219 g/mol. The molecule has 4 nitrogen and oxygen atoms in total.